The van der Waals surface area contributed by atoms with Gasteiger partial charge in [-0.15, -0.1) is 11.3 Å². The van der Waals surface area contributed by atoms with Crippen LogP contribution in [0.25, 0.3) is 10.1 Å². The van der Waals surface area contributed by atoms with Crippen molar-refractivity contribution in [1.82, 2.24) is 0 Å². The van der Waals surface area contributed by atoms with E-state index < -0.39 is 18.5 Å². The van der Waals surface area contributed by atoms with E-state index >= 15 is 0 Å². The van der Waals surface area contributed by atoms with Gasteiger partial charge >= 0.3 is 11.9 Å². The molecule has 0 unspecified atom stereocenters. The van der Waals surface area contributed by atoms with Gasteiger partial charge in [-0.2, -0.15) is 0 Å². The molecular formula is C18H13NO6S. The zero-order chi connectivity index (χ0) is 18.7. The Kier molecular flexibility index (Phi) is 4.85. The maximum atomic E-state index is 12.2. The molecule has 2 aromatic carbocycles. The number of ether oxygens (including phenoxy) is 1. The van der Waals surface area contributed by atoms with Crippen molar-refractivity contribution in [3.63, 3.8) is 0 Å². The van der Waals surface area contributed by atoms with Crippen LogP contribution in [0.3, 0.4) is 0 Å². The molecule has 0 bridgehead atoms. The Morgan fingerprint density at radius 3 is 2.42 bits per heavy atom. The Balaban J connectivity index is 1.92. The van der Waals surface area contributed by atoms with Crippen LogP contribution in [0.2, 0.25) is 0 Å². The van der Waals surface area contributed by atoms with Crippen LogP contribution in [-0.2, 0) is 4.79 Å². The van der Waals surface area contributed by atoms with Gasteiger partial charge in [0, 0.05) is 21.3 Å². The van der Waals surface area contributed by atoms with E-state index in [4.69, 9.17) is 9.84 Å². The molecule has 1 amide bonds. The second-order valence-corrected chi connectivity index (χ2v) is 6.33. The molecule has 0 saturated heterocycles. The number of carboxylic acid groups (broad SMARTS) is 2. The highest BCUT2D eigenvalue weighted by molar-refractivity contribution is 7.21. The van der Waals surface area contributed by atoms with Gasteiger partial charge in [-0.3, -0.25) is 4.79 Å². The van der Waals surface area contributed by atoms with Gasteiger partial charge in [0.15, 0.2) is 17.2 Å². The summed E-state index contributed by atoms with van der Waals surface area (Å²) in [6, 6.07) is 13.5. The molecule has 0 aliphatic carbocycles. The molecule has 3 N–H and O–H groups in total. The Hall–Kier alpha value is -3.39. The minimum atomic E-state index is -1.21. The number of fused-ring (bicyclic) bond motifs is 1. The first-order valence-corrected chi connectivity index (χ1v) is 8.28. The van der Waals surface area contributed by atoms with E-state index in [9.17, 15) is 19.5 Å². The number of aromatic carboxylic acids is 1. The summed E-state index contributed by atoms with van der Waals surface area (Å²) in [4.78, 5) is 34.2. The molecule has 132 valence electrons. The lowest BCUT2D eigenvalue weighted by atomic mass is 10.2. The van der Waals surface area contributed by atoms with E-state index in [0.29, 0.717) is 21.3 Å². The molecule has 0 spiro atoms. The smallest absolute Gasteiger partial charge is 0.349 e. The van der Waals surface area contributed by atoms with Gasteiger partial charge in [0.1, 0.15) is 0 Å². The van der Waals surface area contributed by atoms with Crippen LogP contribution in [0.15, 0.2) is 48.5 Å². The predicted octanol–water partition coefficient (Wildman–Crippen LogP) is 3.32. The summed E-state index contributed by atoms with van der Waals surface area (Å²) in [5.41, 5.74) is 0.991. The third-order valence-corrected chi connectivity index (χ3v) is 4.59. The first-order chi connectivity index (χ1) is 12.5. The Bertz CT molecular complexity index is 996. The van der Waals surface area contributed by atoms with Gasteiger partial charge in [0.25, 0.3) is 5.91 Å². The normalized spacial score (nSPS) is 10.5. The number of carbonyl (C=O) groups excluding carboxylic acids is 1. The lowest BCUT2D eigenvalue weighted by Gasteiger charge is -2.06. The van der Waals surface area contributed by atoms with E-state index in [2.05, 4.69) is 5.32 Å². The highest BCUT2D eigenvalue weighted by Gasteiger charge is 2.20. The van der Waals surface area contributed by atoms with Gasteiger partial charge < -0.3 is 20.3 Å². The number of hydrogen-bond acceptors (Lipinski definition) is 5. The van der Waals surface area contributed by atoms with Crippen LogP contribution in [0.4, 0.5) is 5.69 Å². The number of aliphatic carboxylic acids is 1. The number of carbonyl (C=O) groups is 3. The van der Waals surface area contributed by atoms with Gasteiger partial charge in [0.2, 0.25) is 0 Å². The largest absolute Gasteiger partial charge is 0.479 e. The first-order valence-electron chi connectivity index (χ1n) is 7.46. The van der Waals surface area contributed by atoms with Crippen LogP contribution in [0.1, 0.15) is 20.0 Å². The number of carboxylic acids is 2. The average Bonchev–Trinajstić information content (AvgIpc) is 2.98. The third-order valence-electron chi connectivity index (χ3n) is 3.47. The van der Waals surface area contributed by atoms with Gasteiger partial charge in [-0.1, -0.05) is 18.2 Å². The fourth-order valence-electron chi connectivity index (χ4n) is 2.36. The highest BCUT2D eigenvalue weighted by Crippen LogP contribution is 2.39. The lowest BCUT2D eigenvalue weighted by Crippen LogP contribution is -2.11. The second kappa shape index (κ2) is 7.24. The lowest BCUT2D eigenvalue weighted by molar-refractivity contribution is -0.139. The average molecular weight is 371 g/mol. The Labute approximate surface area is 151 Å². The highest BCUT2D eigenvalue weighted by atomic mass is 32.1. The molecule has 3 aromatic rings. The summed E-state index contributed by atoms with van der Waals surface area (Å²) in [6.45, 7) is -0.640. The monoisotopic (exact) mass is 371 g/mol. The minimum Gasteiger partial charge on any atom is -0.479 e. The van der Waals surface area contributed by atoms with Crippen molar-refractivity contribution in [3.8, 4) is 5.75 Å². The zero-order valence-electron chi connectivity index (χ0n) is 13.3. The van der Waals surface area contributed by atoms with Crippen LogP contribution in [-0.4, -0.2) is 34.7 Å². The molecular weight excluding hydrogens is 358 g/mol. The summed E-state index contributed by atoms with van der Waals surface area (Å²) in [7, 11) is 0. The molecule has 0 atom stereocenters. The number of hydrogen-bond donors (Lipinski definition) is 3. The molecule has 7 nitrogen and oxygen atoms in total. The molecule has 8 heteroatoms. The van der Waals surface area contributed by atoms with Gasteiger partial charge in [-0.25, -0.2) is 9.59 Å². The second-order valence-electron chi connectivity index (χ2n) is 5.28. The summed E-state index contributed by atoms with van der Waals surface area (Å²) in [5.74, 6) is -2.68. The van der Waals surface area contributed by atoms with Crippen molar-refractivity contribution in [1.29, 1.82) is 0 Å². The van der Waals surface area contributed by atoms with Crippen molar-refractivity contribution in [3.05, 3.63) is 59.0 Å². The van der Waals surface area contributed by atoms with Crippen molar-refractivity contribution < 1.29 is 29.3 Å². The van der Waals surface area contributed by atoms with E-state index in [1.807, 2.05) is 0 Å². The van der Waals surface area contributed by atoms with E-state index in [1.165, 1.54) is 0 Å². The molecule has 0 radical (unpaired) electrons. The minimum absolute atomic E-state index is 0.0147. The topological polar surface area (TPSA) is 113 Å². The molecule has 26 heavy (non-hydrogen) atoms. The molecule has 0 fully saturated rings. The van der Waals surface area contributed by atoms with E-state index in [1.54, 1.807) is 48.5 Å². The van der Waals surface area contributed by atoms with Gasteiger partial charge in [-0.05, 0) is 30.3 Å². The summed E-state index contributed by atoms with van der Waals surface area (Å²) < 4.78 is 5.71. The van der Waals surface area contributed by atoms with Crippen LogP contribution in [0.5, 0.6) is 5.75 Å². The maximum Gasteiger partial charge on any atom is 0.349 e. The van der Waals surface area contributed by atoms with Crippen molar-refractivity contribution in [2.45, 2.75) is 0 Å². The van der Waals surface area contributed by atoms with Gasteiger partial charge in [0.05, 0.1) is 0 Å². The zero-order valence-corrected chi connectivity index (χ0v) is 14.1. The van der Waals surface area contributed by atoms with Crippen LogP contribution < -0.4 is 10.1 Å². The fraction of sp³-hybridized carbons (Fsp3) is 0.0556. The number of amides is 1. The fourth-order valence-corrected chi connectivity index (χ4v) is 3.39. The van der Waals surface area contributed by atoms with Crippen molar-refractivity contribution >= 4 is 45.0 Å². The van der Waals surface area contributed by atoms with Crippen LogP contribution >= 0.6 is 11.3 Å². The number of rotatable bonds is 6. The molecule has 1 aromatic heterocycles. The number of anilines is 1. The van der Waals surface area contributed by atoms with Crippen LogP contribution in [0, 0.1) is 0 Å². The molecule has 0 saturated carbocycles. The van der Waals surface area contributed by atoms with Crippen molar-refractivity contribution in [2.75, 3.05) is 11.9 Å². The maximum absolute atomic E-state index is 12.2. The predicted molar refractivity (Wildman–Crippen MR) is 96.3 cm³/mol. The quantitative estimate of drug-likeness (QED) is 0.613. The Morgan fingerprint density at radius 2 is 1.77 bits per heavy atom. The van der Waals surface area contributed by atoms with Crippen molar-refractivity contribution in [2.24, 2.45) is 0 Å². The number of thiophene rings is 1. The Morgan fingerprint density at radius 1 is 1.04 bits per heavy atom. The number of benzene rings is 2. The van der Waals surface area contributed by atoms with E-state index in [-0.39, 0.29) is 16.5 Å². The molecule has 1 heterocycles. The summed E-state index contributed by atoms with van der Waals surface area (Å²) in [5, 5.41) is 21.3. The van der Waals surface area contributed by atoms with E-state index in [0.717, 1.165) is 11.3 Å². The summed E-state index contributed by atoms with van der Waals surface area (Å²) in [6.07, 6.45) is 0. The standard InChI is InChI=1S/C18H13NO6S/c20-14(21)9-25-15-12-7-6-11(8-13(12)26-16(15)18(23)24)19-17(22)10-4-2-1-3-5-10/h1-8H,9H2,(H,19,22)(H,20,21)(H,23,24). The SMILES string of the molecule is O=C(O)COc1c(C(=O)O)sc2cc(NC(=O)c3ccccc3)ccc12. The summed E-state index contributed by atoms with van der Waals surface area (Å²) >= 11 is 0.952. The first kappa shape index (κ1) is 17.4. The number of nitrogens with one attached hydrogen (secondary N) is 1. The molecule has 0 aliphatic rings. The molecule has 0 aliphatic heterocycles. The third kappa shape index (κ3) is 3.65. The molecule has 3 rings (SSSR count).